The second kappa shape index (κ2) is 12.7. The second-order valence-electron chi connectivity index (χ2n) is 12.3. The summed E-state index contributed by atoms with van der Waals surface area (Å²) in [4.78, 5) is 42.3. The van der Waals surface area contributed by atoms with Crippen LogP contribution >= 0.6 is 0 Å². The zero-order chi connectivity index (χ0) is 31.8. The van der Waals surface area contributed by atoms with Gasteiger partial charge in [-0.3, -0.25) is 19.4 Å². The van der Waals surface area contributed by atoms with Crippen molar-refractivity contribution < 1.29 is 15.0 Å². The summed E-state index contributed by atoms with van der Waals surface area (Å²) in [6.45, 7) is 5.18. The summed E-state index contributed by atoms with van der Waals surface area (Å²) >= 11 is 0. The molecular weight excluding hydrogens is 584 g/mol. The molecule has 3 N–H and O–H groups in total. The SMILES string of the molecule is Cn1cc(-c2ccnc(N3CCn4c(cc5c4CCCC5)C3=O)c2CO)cc(Nc2ccc(N3CCN(CCO)CC3)cn2)c1=O. The minimum absolute atomic E-state index is 0.107. The zero-order valence-electron chi connectivity index (χ0n) is 26.2. The summed E-state index contributed by atoms with van der Waals surface area (Å²) in [5.74, 6) is 0.872. The van der Waals surface area contributed by atoms with Gasteiger partial charge in [-0.15, -0.1) is 0 Å². The maximum Gasteiger partial charge on any atom is 0.276 e. The molecule has 12 nitrogen and oxygen atoms in total. The number of nitrogens with one attached hydrogen (secondary N) is 1. The first-order valence-electron chi connectivity index (χ1n) is 16.1. The third kappa shape index (κ3) is 5.57. The van der Waals surface area contributed by atoms with E-state index in [-0.39, 0.29) is 24.7 Å². The van der Waals surface area contributed by atoms with Gasteiger partial charge in [-0.25, -0.2) is 9.97 Å². The number of amides is 1. The van der Waals surface area contributed by atoms with Gasteiger partial charge >= 0.3 is 0 Å². The number of fused-ring (bicyclic) bond motifs is 3. The van der Waals surface area contributed by atoms with Crippen LogP contribution in [-0.2, 0) is 33.0 Å². The van der Waals surface area contributed by atoms with Gasteiger partial charge in [-0.2, -0.15) is 0 Å². The predicted octanol–water partition coefficient (Wildman–Crippen LogP) is 2.53. The fraction of sp³-hybridized carbons (Fsp3) is 0.412. The largest absolute Gasteiger partial charge is 0.395 e. The fourth-order valence-electron chi connectivity index (χ4n) is 7.08. The van der Waals surface area contributed by atoms with Gasteiger partial charge in [0, 0.05) is 82.1 Å². The Labute approximate surface area is 267 Å². The smallest absolute Gasteiger partial charge is 0.276 e. The minimum Gasteiger partial charge on any atom is -0.395 e. The highest BCUT2D eigenvalue weighted by Crippen LogP contribution is 2.34. The number of pyridine rings is 3. The quantitative estimate of drug-likeness (QED) is 0.271. The number of aliphatic hydroxyl groups is 2. The van der Waals surface area contributed by atoms with Gasteiger partial charge in [0.25, 0.3) is 11.5 Å². The van der Waals surface area contributed by atoms with Crippen LogP contribution in [0.2, 0.25) is 0 Å². The van der Waals surface area contributed by atoms with E-state index in [1.165, 1.54) is 15.8 Å². The molecule has 46 heavy (non-hydrogen) atoms. The van der Waals surface area contributed by atoms with E-state index in [4.69, 9.17) is 0 Å². The molecule has 6 heterocycles. The molecule has 0 radical (unpaired) electrons. The first-order valence-corrected chi connectivity index (χ1v) is 16.1. The van der Waals surface area contributed by atoms with E-state index in [9.17, 15) is 19.8 Å². The first kappa shape index (κ1) is 30.2. The standard InChI is InChI=1S/C34H40N8O4/c1-38-21-24(18-28(33(38)45)37-31-7-6-25(20-36-31)40-12-10-39(11-13-40)16-17-43)26-8-9-35-32(27(26)22-44)42-15-14-41-29-5-3-2-4-23(29)19-30(41)34(42)46/h6-9,18-21,43-44H,2-5,10-17,22H2,1H3,(H,36,37). The molecule has 0 atom stereocenters. The third-order valence-electron chi connectivity index (χ3n) is 9.52. The molecule has 0 bridgehead atoms. The number of aliphatic hydroxyl groups excluding tert-OH is 2. The molecule has 2 aliphatic heterocycles. The van der Waals surface area contributed by atoms with Crippen LogP contribution in [0.4, 0.5) is 23.0 Å². The van der Waals surface area contributed by atoms with Crippen LogP contribution in [0.15, 0.2) is 53.7 Å². The summed E-state index contributed by atoms with van der Waals surface area (Å²) in [6.07, 6.45) is 9.49. The van der Waals surface area contributed by atoms with Crippen LogP contribution < -0.4 is 20.7 Å². The molecule has 1 saturated heterocycles. The number of carbonyl (C=O) groups excluding carboxylic acids is 1. The number of anilines is 4. The van der Waals surface area contributed by atoms with Crippen LogP contribution in [0.3, 0.4) is 0 Å². The lowest BCUT2D eigenvalue weighted by Gasteiger charge is -2.35. The fourth-order valence-corrected chi connectivity index (χ4v) is 7.08. The van der Waals surface area contributed by atoms with Gasteiger partial charge in [0.15, 0.2) is 0 Å². The van der Waals surface area contributed by atoms with Crippen molar-refractivity contribution in [1.29, 1.82) is 0 Å². The molecule has 240 valence electrons. The van der Waals surface area contributed by atoms with Crippen LogP contribution in [0.25, 0.3) is 11.1 Å². The molecule has 1 fully saturated rings. The molecule has 7 rings (SSSR count). The summed E-state index contributed by atoms with van der Waals surface area (Å²) in [7, 11) is 1.69. The van der Waals surface area contributed by atoms with Crippen molar-refractivity contribution >= 4 is 28.9 Å². The molecule has 0 spiro atoms. The van der Waals surface area contributed by atoms with Gasteiger partial charge in [-0.1, -0.05) is 0 Å². The lowest BCUT2D eigenvalue weighted by atomic mass is 9.98. The molecule has 3 aliphatic rings. The van der Waals surface area contributed by atoms with Crippen molar-refractivity contribution in [2.24, 2.45) is 7.05 Å². The molecule has 12 heteroatoms. The normalized spacial score (nSPS) is 16.8. The van der Waals surface area contributed by atoms with Crippen molar-refractivity contribution in [3.05, 3.63) is 81.8 Å². The van der Waals surface area contributed by atoms with E-state index in [1.807, 2.05) is 24.3 Å². The van der Waals surface area contributed by atoms with E-state index in [2.05, 4.69) is 29.7 Å². The Morgan fingerprint density at radius 2 is 1.76 bits per heavy atom. The molecule has 0 aromatic carbocycles. The van der Waals surface area contributed by atoms with Gasteiger partial charge in [0.1, 0.15) is 23.0 Å². The van der Waals surface area contributed by atoms with E-state index in [1.54, 1.807) is 36.6 Å². The van der Waals surface area contributed by atoms with Gasteiger partial charge in [-0.05, 0) is 67.1 Å². The maximum atomic E-state index is 13.8. The Hall–Kier alpha value is -4.52. The summed E-state index contributed by atoms with van der Waals surface area (Å²) < 4.78 is 3.67. The second-order valence-corrected chi connectivity index (χ2v) is 12.3. The average molecular weight is 625 g/mol. The molecule has 0 unspecified atom stereocenters. The summed E-state index contributed by atoms with van der Waals surface area (Å²) in [5, 5.41) is 23.0. The topological polar surface area (TPSA) is 132 Å². The average Bonchev–Trinajstić information content (AvgIpc) is 3.47. The van der Waals surface area contributed by atoms with E-state index < -0.39 is 0 Å². The molecule has 4 aromatic rings. The number of piperazine rings is 1. The van der Waals surface area contributed by atoms with Crippen LogP contribution in [0, 0.1) is 0 Å². The Bertz CT molecular complexity index is 1810. The number of carbonyl (C=O) groups is 1. The van der Waals surface area contributed by atoms with Crippen LogP contribution in [0.1, 0.15) is 40.2 Å². The van der Waals surface area contributed by atoms with E-state index >= 15 is 0 Å². The highest BCUT2D eigenvalue weighted by molar-refractivity contribution is 6.06. The first-order chi connectivity index (χ1) is 22.4. The Kier molecular flexibility index (Phi) is 8.33. The van der Waals surface area contributed by atoms with Gasteiger partial charge in [0.2, 0.25) is 0 Å². The van der Waals surface area contributed by atoms with E-state index in [0.29, 0.717) is 59.3 Å². The predicted molar refractivity (Wildman–Crippen MR) is 177 cm³/mol. The molecule has 1 amide bonds. The molecule has 0 saturated carbocycles. The number of aromatic nitrogens is 4. The molecule has 4 aromatic heterocycles. The van der Waals surface area contributed by atoms with Crippen molar-refractivity contribution in [2.45, 2.75) is 38.8 Å². The maximum absolute atomic E-state index is 13.8. The number of aryl methyl sites for hydroxylation is 2. The van der Waals surface area contributed by atoms with Gasteiger partial charge < -0.3 is 29.6 Å². The summed E-state index contributed by atoms with van der Waals surface area (Å²) in [6, 6.07) is 9.46. The zero-order valence-corrected chi connectivity index (χ0v) is 26.2. The highest BCUT2D eigenvalue weighted by Gasteiger charge is 2.32. The number of nitrogens with zero attached hydrogens (tertiary/aromatic N) is 7. The van der Waals surface area contributed by atoms with Crippen molar-refractivity contribution in [2.75, 3.05) is 61.0 Å². The summed E-state index contributed by atoms with van der Waals surface area (Å²) in [5.41, 5.74) is 6.31. The lowest BCUT2D eigenvalue weighted by Crippen LogP contribution is -2.47. The van der Waals surface area contributed by atoms with E-state index in [0.717, 1.165) is 57.5 Å². The van der Waals surface area contributed by atoms with Crippen molar-refractivity contribution in [3.63, 3.8) is 0 Å². The van der Waals surface area contributed by atoms with Crippen LogP contribution in [-0.4, -0.2) is 86.0 Å². The van der Waals surface area contributed by atoms with Crippen LogP contribution in [0.5, 0.6) is 0 Å². The number of hydrogen-bond donors (Lipinski definition) is 3. The molecular formula is C34H40N8O4. The Morgan fingerprint density at radius 1 is 0.935 bits per heavy atom. The highest BCUT2D eigenvalue weighted by atomic mass is 16.3. The Balaban J connectivity index is 1.14. The number of β-amino-alcohol motifs (C(OH)–C–C–N with tert-alkyl or cyclic N) is 1. The third-order valence-corrected chi connectivity index (χ3v) is 9.52. The lowest BCUT2D eigenvalue weighted by molar-refractivity contribution is 0.0963. The molecule has 1 aliphatic carbocycles. The number of hydrogen-bond acceptors (Lipinski definition) is 9. The Morgan fingerprint density at radius 3 is 2.52 bits per heavy atom. The monoisotopic (exact) mass is 624 g/mol. The van der Waals surface area contributed by atoms with Gasteiger partial charge in [0.05, 0.1) is 25.1 Å². The number of rotatable bonds is 8. The van der Waals surface area contributed by atoms with Crippen molar-refractivity contribution in [1.82, 2.24) is 24.0 Å². The minimum atomic E-state index is -0.317. The van der Waals surface area contributed by atoms with Crippen molar-refractivity contribution in [3.8, 4) is 11.1 Å².